The monoisotopic (exact) mass is 249 g/mol. The summed E-state index contributed by atoms with van der Waals surface area (Å²) in [5, 5.41) is 0. The Labute approximate surface area is 112 Å². The lowest BCUT2D eigenvalue weighted by Gasteiger charge is -2.18. The van der Waals surface area contributed by atoms with Crippen LogP contribution in [0.3, 0.4) is 0 Å². The smallest absolute Gasteiger partial charge is 0.122 e. The van der Waals surface area contributed by atoms with Crippen LogP contribution >= 0.6 is 0 Å². The molecule has 0 aliphatic rings. The van der Waals surface area contributed by atoms with Gasteiger partial charge in [0.15, 0.2) is 0 Å². The molecule has 18 heavy (non-hydrogen) atoms. The SMILES string of the molecule is CCOc1cc(C)c(C(C)CCC(C)N)cc1C. The predicted octanol–water partition coefficient (Wildman–Crippen LogP) is 3.93. The lowest BCUT2D eigenvalue weighted by molar-refractivity contribution is 0.337. The molecule has 0 heterocycles. The molecular formula is C16H27NO. The number of nitrogens with two attached hydrogens (primary N) is 1. The van der Waals surface area contributed by atoms with E-state index in [4.69, 9.17) is 10.5 Å². The molecule has 0 radical (unpaired) electrons. The van der Waals surface area contributed by atoms with Crippen LogP contribution in [0.4, 0.5) is 0 Å². The first-order chi connectivity index (χ1) is 8.45. The molecule has 0 amide bonds. The topological polar surface area (TPSA) is 35.2 Å². The summed E-state index contributed by atoms with van der Waals surface area (Å²) in [7, 11) is 0. The third-order valence-corrected chi connectivity index (χ3v) is 3.45. The fraction of sp³-hybridized carbons (Fsp3) is 0.625. The van der Waals surface area contributed by atoms with Crippen LogP contribution in [-0.2, 0) is 0 Å². The van der Waals surface area contributed by atoms with E-state index >= 15 is 0 Å². The van der Waals surface area contributed by atoms with Crippen molar-refractivity contribution >= 4 is 0 Å². The van der Waals surface area contributed by atoms with Gasteiger partial charge in [-0.25, -0.2) is 0 Å². The quantitative estimate of drug-likeness (QED) is 0.829. The number of rotatable bonds is 6. The number of hydrogen-bond acceptors (Lipinski definition) is 2. The number of benzene rings is 1. The van der Waals surface area contributed by atoms with Gasteiger partial charge in [0.1, 0.15) is 5.75 Å². The molecule has 0 bridgehead atoms. The minimum absolute atomic E-state index is 0.288. The van der Waals surface area contributed by atoms with Crippen LogP contribution in [0.1, 0.15) is 56.2 Å². The molecule has 0 aromatic heterocycles. The highest BCUT2D eigenvalue weighted by Crippen LogP contribution is 2.30. The Morgan fingerprint density at radius 3 is 2.33 bits per heavy atom. The van der Waals surface area contributed by atoms with Crippen LogP contribution in [0.25, 0.3) is 0 Å². The molecule has 2 nitrogen and oxygen atoms in total. The van der Waals surface area contributed by atoms with Gasteiger partial charge in [0, 0.05) is 6.04 Å². The summed E-state index contributed by atoms with van der Waals surface area (Å²) in [6.07, 6.45) is 2.22. The fourth-order valence-corrected chi connectivity index (χ4v) is 2.32. The average Bonchev–Trinajstić information content (AvgIpc) is 2.30. The Morgan fingerprint density at radius 2 is 1.78 bits per heavy atom. The van der Waals surface area contributed by atoms with E-state index in [1.165, 1.54) is 16.7 Å². The molecule has 2 unspecified atom stereocenters. The predicted molar refractivity (Wildman–Crippen MR) is 78.4 cm³/mol. The van der Waals surface area contributed by atoms with Crippen LogP contribution in [0, 0.1) is 13.8 Å². The van der Waals surface area contributed by atoms with Crippen molar-refractivity contribution in [2.45, 2.75) is 59.4 Å². The van der Waals surface area contributed by atoms with Crippen molar-refractivity contribution in [3.63, 3.8) is 0 Å². The Kier molecular flexibility index (Phi) is 5.67. The van der Waals surface area contributed by atoms with Crippen LogP contribution in [0.15, 0.2) is 12.1 Å². The van der Waals surface area contributed by atoms with Crippen molar-refractivity contribution in [2.75, 3.05) is 6.61 Å². The first kappa shape index (κ1) is 15.0. The van der Waals surface area contributed by atoms with Crippen molar-refractivity contribution in [2.24, 2.45) is 5.73 Å². The summed E-state index contributed by atoms with van der Waals surface area (Å²) in [6.45, 7) is 11.4. The highest BCUT2D eigenvalue weighted by molar-refractivity contribution is 5.42. The zero-order chi connectivity index (χ0) is 13.7. The Morgan fingerprint density at radius 1 is 1.11 bits per heavy atom. The van der Waals surface area contributed by atoms with E-state index in [9.17, 15) is 0 Å². The van der Waals surface area contributed by atoms with E-state index in [2.05, 4.69) is 39.8 Å². The maximum atomic E-state index is 5.83. The number of aryl methyl sites for hydroxylation is 2. The molecular weight excluding hydrogens is 222 g/mol. The number of ether oxygens (including phenoxy) is 1. The second-order valence-electron chi connectivity index (χ2n) is 5.36. The second-order valence-corrected chi connectivity index (χ2v) is 5.36. The van der Waals surface area contributed by atoms with Gasteiger partial charge in [-0.05, 0) is 69.2 Å². The van der Waals surface area contributed by atoms with Crippen molar-refractivity contribution < 1.29 is 4.74 Å². The van der Waals surface area contributed by atoms with Crippen LogP contribution < -0.4 is 10.5 Å². The zero-order valence-electron chi connectivity index (χ0n) is 12.4. The molecule has 2 N–H and O–H groups in total. The van der Waals surface area contributed by atoms with E-state index in [0.717, 1.165) is 25.2 Å². The van der Waals surface area contributed by atoms with Gasteiger partial charge in [0.05, 0.1) is 6.61 Å². The van der Waals surface area contributed by atoms with Gasteiger partial charge in [-0.1, -0.05) is 13.0 Å². The first-order valence-corrected chi connectivity index (χ1v) is 6.95. The third-order valence-electron chi connectivity index (χ3n) is 3.45. The van der Waals surface area contributed by atoms with Crippen molar-refractivity contribution in [3.05, 3.63) is 28.8 Å². The van der Waals surface area contributed by atoms with E-state index in [-0.39, 0.29) is 6.04 Å². The largest absolute Gasteiger partial charge is 0.494 e. The lowest BCUT2D eigenvalue weighted by atomic mass is 9.90. The molecule has 0 saturated heterocycles. The van der Waals surface area contributed by atoms with Gasteiger partial charge < -0.3 is 10.5 Å². The lowest BCUT2D eigenvalue weighted by Crippen LogP contribution is -2.15. The molecule has 0 saturated carbocycles. The van der Waals surface area contributed by atoms with Gasteiger partial charge in [0.25, 0.3) is 0 Å². The van der Waals surface area contributed by atoms with E-state index in [1.807, 2.05) is 6.92 Å². The summed E-state index contributed by atoms with van der Waals surface area (Å²) >= 11 is 0. The first-order valence-electron chi connectivity index (χ1n) is 6.95. The Hall–Kier alpha value is -1.02. The molecule has 102 valence electrons. The average molecular weight is 249 g/mol. The van der Waals surface area contributed by atoms with E-state index in [0.29, 0.717) is 5.92 Å². The Balaban J connectivity index is 2.86. The third kappa shape index (κ3) is 4.02. The maximum absolute atomic E-state index is 5.83. The molecule has 1 rings (SSSR count). The molecule has 0 aliphatic carbocycles. The van der Waals surface area contributed by atoms with Crippen molar-refractivity contribution in [3.8, 4) is 5.75 Å². The van der Waals surface area contributed by atoms with Gasteiger partial charge >= 0.3 is 0 Å². The molecule has 0 aliphatic heterocycles. The molecule has 1 aromatic rings. The fourth-order valence-electron chi connectivity index (χ4n) is 2.32. The maximum Gasteiger partial charge on any atom is 0.122 e. The van der Waals surface area contributed by atoms with Crippen molar-refractivity contribution in [1.82, 2.24) is 0 Å². The molecule has 0 fully saturated rings. The van der Waals surface area contributed by atoms with Crippen molar-refractivity contribution in [1.29, 1.82) is 0 Å². The van der Waals surface area contributed by atoms with Crippen LogP contribution in [0.5, 0.6) is 5.75 Å². The highest BCUT2D eigenvalue weighted by atomic mass is 16.5. The summed E-state index contributed by atoms with van der Waals surface area (Å²) in [4.78, 5) is 0. The Bertz CT molecular complexity index is 385. The van der Waals surface area contributed by atoms with Crippen LogP contribution in [-0.4, -0.2) is 12.6 Å². The second kappa shape index (κ2) is 6.79. The van der Waals surface area contributed by atoms with Gasteiger partial charge in [-0.15, -0.1) is 0 Å². The zero-order valence-corrected chi connectivity index (χ0v) is 12.4. The molecule has 2 heteroatoms. The highest BCUT2D eigenvalue weighted by Gasteiger charge is 2.12. The molecule has 1 aromatic carbocycles. The minimum atomic E-state index is 0.288. The van der Waals surface area contributed by atoms with Gasteiger partial charge in [0.2, 0.25) is 0 Å². The minimum Gasteiger partial charge on any atom is -0.494 e. The van der Waals surface area contributed by atoms with E-state index < -0.39 is 0 Å². The van der Waals surface area contributed by atoms with Crippen LogP contribution in [0.2, 0.25) is 0 Å². The summed E-state index contributed by atoms with van der Waals surface area (Å²) in [6, 6.07) is 4.72. The normalized spacial score (nSPS) is 14.3. The molecule has 0 spiro atoms. The summed E-state index contributed by atoms with van der Waals surface area (Å²) < 4.78 is 5.63. The summed E-state index contributed by atoms with van der Waals surface area (Å²) in [5.41, 5.74) is 9.81. The summed E-state index contributed by atoms with van der Waals surface area (Å²) in [5.74, 6) is 1.57. The van der Waals surface area contributed by atoms with E-state index in [1.54, 1.807) is 0 Å². The molecule has 2 atom stereocenters. The number of hydrogen-bond donors (Lipinski definition) is 1. The van der Waals surface area contributed by atoms with Gasteiger partial charge in [-0.3, -0.25) is 0 Å². The van der Waals surface area contributed by atoms with Gasteiger partial charge in [-0.2, -0.15) is 0 Å². The standard InChI is InChI=1S/C16H27NO/c1-6-18-16-10-12(3)15(9-13(16)4)11(2)7-8-14(5)17/h9-11,14H,6-8,17H2,1-5H3.